The van der Waals surface area contributed by atoms with Crippen molar-refractivity contribution in [1.82, 2.24) is 5.32 Å². The molecule has 0 atom stereocenters. The number of unbranched alkanes of at least 4 members (excludes halogenated alkanes) is 2. The molecule has 0 aliphatic rings. The molecule has 0 heterocycles. The van der Waals surface area contributed by atoms with Crippen LogP contribution in [0.15, 0.2) is 18.2 Å². The molecule has 0 saturated carbocycles. The molecule has 1 rings (SSSR count). The number of aliphatic carboxylic acids is 1. The highest BCUT2D eigenvalue weighted by atomic mass is 16.5. The van der Waals surface area contributed by atoms with Gasteiger partial charge in [0.25, 0.3) is 0 Å². The van der Waals surface area contributed by atoms with Gasteiger partial charge in [0.1, 0.15) is 0 Å². The molecule has 6 nitrogen and oxygen atoms in total. The summed E-state index contributed by atoms with van der Waals surface area (Å²) < 4.78 is 11.3. The van der Waals surface area contributed by atoms with Gasteiger partial charge < -0.3 is 24.7 Å². The summed E-state index contributed by atoms with van der Waals surface area (Å²) in [6.45, 7) is 5.51. The number of rotatable bonds is 12. The number of carboxylic acid groups (broad SMARTS) is 1. The fourth-order valence-electron chi connectivity index (χ4n) is 2.09. The number of hydrogen-bond donors (Lipinski definition) is 1. The molecule has 0 bridgehead atoms. The van der Waals surface area contributed by atoms with Gasteiger partial charge in [0.2, 0.25) is 5.91 Å². The number of ether oxygens (including phenoxy) is 2. The van der Waals surface area contributed by atoms with Crippen LogP contribution in [0.1, 0.15) is 51.5 Å². The van der Waals surface area contributed by atoms with Crippen LogP contribution in [0.25, 0.3) is 0 Å². The van der Waals surface area contributed by atoms with Crippen LogP contribution in [0, 0.1) is 0 Å². The highest BCUT2D eigenvalue weighted by Gasteiger charge is 2.08. The summed E-state index contributed by atoms with van der Waals surface area (Å²) in [4.78, 5) is 21.9. The lowest BCUT2D eigenvalue weighted by Crippen LogP contribution is -2.27. The molecule has 1 amide bonds. The first-order valence-corrected chi connectivity index (χ1v) is 8.41. The standard InChI is InChI=1S/C18H27NO5/c1-3-5-6-11-24-15-8-7-14(12-16(15)23-4-2)13-19-17(20)9-10-18(21)22/h7-8,12H,3-6,9-11,13H2,1-2H3,(H,19,20)(H,21,22)/p-1. The first-order valence-electron chi connectivity index (χ1n) is 8.41. The van der Waals surface area contributed by atoms with Crippen LogP contribution in [0.2, 0.25) is 0 Å². The third kappa shape index (κ3) is 7.85. The quantitative estimate of drug-likeness (QED) is 0.588. The fourth-order valence-corrected chi connectivity index (χ4v) is 2.09. The maximum Gasteiger partial charge on any atom is 0.220 e. The van der Waals surface area contributed by atoms with Crippen LogP contribution in [-0.2, 0) is 16.1 Å². The molecule has 0 radical (unpaired) electrons. The highest BCUT2D eigenvalue weighted by molar-refractivity contribution is 5.79. The third-order valence-corrected chi connectivity index (χ3v) is 3.36. The molecule has 134 valence electrons. The Morgan fingerprint density at radius 3 is 2.54 bits per heavy atom. The van der Waals surface area contributed by atoms with Crippen molar-refractivity contribution in [2.45, 2.75) is 52.5 Å². The van der Waals surface area contributed by atoms with Crippen LogP contribution in [0.3, 0.4) is 0 Å². The molecule has 0 fully saturated rings. The van der Waals surface area contributed by atoms with Gasteiger partial charge in [-0.15, -0.1) is 0 Å². The fraction of sp³-hybridized carbons (Fsp3) is 0.556. The normalized spacial score (nSPS) is 10.2. The molecule has 0 spiro atoms. The Morgan fingerprint density at radius 2 is 1.88 bits per heavy atom. The summed E-state index contributed by atoms with van der Waals surface area (Å²) in [5.74, 6) is -0.208. The van der Waals surface area contributed by atoms with Crippen LogP contribution < -0.4 is 19.9 Å². The van der Waals surface area contributed by atoms with Gasteiger partial charge in [-0.3, -0.25) is 4.79 Å². The molecule has 0 aliphatic heterocycles. The molecule has 24 heavy (non-hydrogen) atoms. The highest BCUT2D eigenvalue weighted by Crippen LogP contribution is 2.28. The predicted octanol–water partition coefficient (Wildman–Crippen LogP) is 1.80. The van der Waals surface area contributed by atoms with E-state index >= 15 is 0 Å². The van der Waals surface area contributed by atoms with Crippen molar-refractivity contribution in [3.63, 3.8) is 0 Å². The molecular formula is C18H26NO5-. The second-order valence-electron chi connectivity index (χ2n) is 5.42. The summed E-state index contributed by atoms with van der Waals surface area (Å²) in [5.41, 5.74) is 0.862. The van der Waals surface area contributed by atoms with E-state index in [2.05, 4.69) is 12.2 Å². The molecule has 6 heteroatoms. The van der Waals surface area contributed by atoms with Crippen LogP contribution in [0.4, 0.5) is 0 Å². The minimum Gasteiger partial charge on any atom is -0.550 e. The predicted molar refractivity (Wildman–Crippen MR) is 88.7 cm³/mol. The first-order chi connectivity index (χ1) is 11.6. The van der Waals surface area contributed by atoms with Gasteiger partial charge in [-0.05, 0) is 37.5 Å². The van der Waals surface area contributed by atoms with Crippen molar-refractivity contribution in [1.29, 1.82) is 0 Å². The Labute approximate surface area is 143 Å². The Balaban J connectivity index is 2.57. The minimum atomic E-state index is -1.23. The van der Waals surface area contributed by atoms with Gasteiger partial charge >= 0.3 is 0 Å². The largest absolute Gasteiger partial charge is 0.550 e. The molecule has 1 aromatic carbocycles. The number of hydrogen-bond acceptors (Lipinski definition) is 5. The van der Waals surface area contributed by atoms with E-state index in [0.717, 1.165) is 24.8 Å². The number of carbonyl (C=O) groups excluding carboxylic acids is 2. The van der Waals surface area contributed by atoms with E-state index in [-0.39, 0.29) is 18.7 Å². The van der Waals surface area contributed by atoms with Gasteiger partial charge in [0.05, 0.1) is 13.2 Å². The Morgan fingerprint density at radius 1 is 1.08 bits per heavy atom. The van der Waals surface area contributed by atoms with Crippen LogP contribution in [0.5, 0.6) is 11.5 Å². The zero-order valence-corrected chi connectivity index (χ0v) is 14.4. The van der Waals surface area contributed by atoms with E-state index in [1.165, 1.54) is 0 Å². The second kappa shape index (κ2) is 11.3. The van der Waals surface area contributed by atoms with E-state index in [1.54, 1.807) is 0 Å². The lowest BCUT2D eigenvalue weighted by atomic mass is 10.2. The van der Waals surface area contributed by atoms with Crippen molar-refractivity contribution in [2.24, 2.45) is 0 Å². The molecule has 0 saturated heterocycles. The topological polar surface area (TPSA) is 87.7 Å². The summed E-state index contributed by atoms with van der Waals surface area (Å²) in [5, 5.41) is 13.0. The lowest BCUT2D eigenvalue weighted by Gasteiger charge is -2.14. The summed E-state index contributed by atoms with van der Waals surface area (Å²) >= 11 is 0. The molecule has 0 aliphatic carbocycles. The molecule has 1 aromatic rings. The van der Waals surface area contributed by atoms with Crippen molar-refractivity contribution in [3.05, 3.63) is 23.8 Å². The van der Waals surface area contributed by atoms with Gasteiger partial charge in [-0.2, -0.15) is 0 Å². The second-order valence-corrected chi connectivity index (χ2v) is 5.42. The van der Waals surface area contributed by atoms with Gasteiger partial charge in [-0.1, -0.05) is 25.8 Å². The van der Waals surface area contributed by atoms with E-state index < -0.39 is 5.97 Å². The van der Waals surface area contributed by atoms with Gasteiger partial charge in [0, 0.05) is 18.9 Å². The molecular weight excluding hydrogens is 310 g/mol. The molecule has 1 N–H and O–H groups in total. The van der Waals surface area contributed by atoms with E-state index in [0.29, 0.717) is 31.3 Å². The minimum absolute atomic E-state index is 0.0841. The molecule has 0 unspecified atom stereocenters. The van der Waals surface area contributed by atoms with E-state index in [9.17, 15) is 14.7 Å². The third-order valence-electron chi connectivity index (χ3n) is 3.36. The average molecular weight is 336 g/mol. The lowest BCUT2D eigenvalue weighted by molar-refractivity contribution is -0.305. The Kier molecular flexibility index (Phi) is 9.34. The maximum absolute atomic E-state index is 11.5. The zero-order valence-electron chi connectivity index (χ0n) is 14.4. The van der Waals surface area contributed by atoms with Crippen molar-refractivity contribution in [3.8, 4) is 11.5 Å². The summed E-state index contributed by atoms with van der Waals surface area (Å²) in [7, 11) is 0. The van der Waals surface area contributed by atoms with Crippen LogP contribution in [-0.4, -0.2) is 25.1 Å². The zero-order chi connectivity index (χ0) is 17.8. The van der Waals surface area contributed by atoms with Crippen molar-refractivity contribution >= 4 is 11.9 Å². The van der Waals surface area contributed by atoms with E-state index in [1.807, 2.05) is 25.1 Å². The van der Waals surface area contributed by atoms with Gasteiger partial charge in [-0.25, -0.2) is 0 Å². The maximum atomic E-state index is 11.5. The Hall–Kier alpha value is -2.24. The Bertz CT molecular complexity index is 530. The number of carbonyl (C=O) groups is 2. The number of benzene rings is 1. The number of amides is 1. The van der Waals surface area contributed by atoms with Gasteiger partial charge in [0.15, 0.2) is 11.5 Å². The monoisotopic (exact) mass is 336 g/mol. The van der Waals surface area contributed by atoms with Crippen LogP contribution >= 0.6 is 0 Å². The SMILES string of the molecule is CCCCCOc1ccc(CNC(=O)CCC(=O)[O-])cc1OCC. The van der Waals surface area contributed by atoms with Crippen molar-refractivity contribution in [2.75, 3.05) is 13.2 Å². The first kappa shape index (κ1) is 19.8. The number of nitrogens with one attached hydrogen (secondary N) is 1. The smallest absolute Gasteiger partial charge is 0.220 e. The summed E-state index contributed by atoms with van der Waals surface area (Å²) in [6, 6.07) is 5.52. The molecule has 0 aromatic heterocycles. The average Bonchev–Trinajstić information content (AvgIpc) is 2.56. The summed E-state index contributed by atoms with van der Waals surface area (Å²) in [6.07, 6.45) is 2.90. The number of carboxylic acids is 1. The van der Waals surface area contributed by atoms with Crippen molar-refractivity contribution < 1.29 is 24.2 Å². The van der Waals surface area contributed by atoms with E-state index in [4.69, 9.17) is 9.47 Å².